The molecule has 34 heavy (non-hydrogen) atoms. The van der Waals surface area contributed by atoms with Gasteiger partial charge >= 0.3 is 0 Å². The number of amides is 1. The molecule has 4 rings (SSSR count). The van der Waals surface area contributed by atoms with Crippen molar-refractivity contribution in [1.29, 1.82) is 0 Å². The molecule has 1 aromatic heterocycles. The second-order valence-electron chi connectivity index (χ2n) is 8.50. The molecule has 178 valence electrons. The number of sulfonamides is 1. The summed E-state index contributed by atoms with van der Waals surface area (Å²) in [5, 5.41) is 2.98. The van der Waals surface area contributed by atoms with E-state index in [1.807, 2.05) is 43.3 Å². The average Bonchev–Trinajstić information content (AvgIpc) is 2.87. The molecular formula is C26H29N3O4S. The van der Waals surface area contributed by atoms with E-state index in [9.17, 15) is 13.2 Å². The lowest BCUT2D eigenvalue weighted by molar-refractivity contribution is -0.126. The molecule has 0 unspecified atom stereocenters. The molecule has 0 saturated carbocycles. The fraction of sp³-hybridized carbons (Fsp3) is 0.308. The Morgan fingerprint density at radius 1 is 1.03 bits per heavy atom. The molecule has 1 amide bonds. The number of nitrogens with zero attached hydrogens (tertiary/aromatic N) is 2. The number of carbonyl (C=O) groups is 1. The van der Waals surface area contributed by atoms with E-state index in [-0.39, 0.29) is 11.8 Å². The summed E-state index contributed by atoms with van der Waals surface area (Å²) in [5.41, 5.74) is 2.99. The fourth-order valence-electron chi connectivity index (χ4n) is 3.90. The number of ether oxygens (including phenoxy) is 1. The Morgan fingerprint density at radius 3 is 2.38 bits per heavy atom. The molecule has 2 heterocycles. The Balaban J connectivity index is 1.23. The minimum Gasteiger partial charge on any atom is -0.489 e. The van der Waals surface area contributed by atoms with Crippen LogP contribution in [0, 0.1) is 12.8 Å². The first-order valence-electron chi connectivity index (χ1n) is 11.4. The minimum absolute atomic E-state index is 0.0377. The van der Waals surface area contributed by atoms with Crippen molar-refractivity contribution in [1.82, 2.24) is 14.6 Å². The molecule has 8 heteroatoms. The zero-order chi connectivity index (χ0) is 24.0. The van der Waals surface area contributed by atoms with Gasteiger partial charge < -0.3 is 10.1 Å². The molecular weight excluding hydrogens is 450 g/mol. The van der Waals surface area contributed by atoms with Gasteiger partial charge in [0, 0.05) is 43.5 Å². The van der Waals surface area contributed by atoms with E-state index < -0.39 is 10.0 Å². The third kappa shape index (κ3) is 6.01. The second kappa shape index (κ2) is 10.8. The molecule has 1 saturated heterocycles. The summed E-state index contributed by atoms with van der Waals surface area (Å²) >= 11 is 0. The van der Waals surface area contributed by atoms with Crippen LogP contribution >= 0.6 is 0 Å². The van der Waals surface area contributed by atoms with Gasteiger partial charge in [0.15, 0.2) is 0 Å². The quantitative estimate of drug-likeness (QED) is 0.532. The van der Waals surface area contributed by atoms with Gasteiger partial charge in [0.25, 0.3) is 0 Å². The number of piperidine rings is 1. The van der Waals surface area contributed by atoms with Gasteiger partial charge in [0.2, 0.25) is 15.9 Å². The van der Waals surface area contributed by atoms with Gasteiger partial charge in [0.05, 0.1) is 4.90 Å². The number of hydrogen-bond acceptors (Lipinski definition) is 5. The number of pyridine rings is 1. The number of benzene rings is 2. The van der Waals surface area contributed by atoms with Crippen LogP contribution in [0.2, 0.25) is 0 Å². The highest BCUT2D eigenvalue weighted by atomic mass is 32.2. The van der Waals surface area contributed by atoms with Crippen LogP contribution in [-0.2, 0) is 28.0 Å². The summed E-state index contributed by atoms with van der Waals surface area (Å²) in [6, 6.07) is 18.3. The standard InChI is InChI=1S/C26H29N3O4S/c1-20-4-10-25(11-5-20)34(31,32)29-15-12-23(13-16-29)26(30)28-18-21-6-8-24(9-7-21)33-19-22-3-2-14-27-17-22/h2-11,14,17,23H,12-13,15-16,18-19H2,1H3,(H,28,30). The fourth-order valence-corrected chi connectivity index (χ4v) is 5.37. The van der Waals surface area contributed by atoms with Crippen molar-refractivity contribution < 1.29 is 17.9 Å². The summed E-state index contributed by atoms with van der Waals surface area (Å²) < 4.78 is 32.9. The molecule has 0 atom stereocenters. The molecule has 0 aliphatic carbocycles. The van der Waals surface area contributed by atoms with E-state index in [0.717, 1.165) is 22.4 Å². The Kier molecular flexibility index (Phi) is 7.59. The number of aryl methyl sites for hydroxylation is 1. The lowest BCUT2D eigenvalue weighted by atomic mass is 9.97. The molecule has 1 aliphatic heterocycles. The Labute approximate surface area is 200 Å². The number of hydrogen-bond donors (Lipinski definition) is 1. The van der Waals surface area contributed by atoms with E-state index in [1.165, 1.54) is 4.31 Å². The maximum atomic E-state index is 12.9. The van der Waals surface area contributed by atoms with E-state index >= 15 is 0 Å². The van der Waals surface area contributed by atoms with E-state index in [0.29, 0.717) is 44.0 Å². The van der Waals surface area contributed by atoms with Crippen molar-refractivity contribution in [3.63, 3.8) is 0 Å². The number of aromatic nitrogens is 1. The SMILES string of the molecule is Cc1ccc(S(=O)(=O)N2CCC(C(=O)NCc3ccc(OCc4cccnc4)cc3)CC2)cc1. The van der Waals surface area contributed by atoms with Gasteiger partial charge in [-0.05, 0) is 55.7 Å². The van der Waals surface area contributed by atoms with Gasteiger partial charge in [-0.15, -0.1) is 0 Å². The van der Waals surface area contributed by atoms with Gasteiger partial charge in [0.1, 0.15) is 12.4 Å². The van der Waals surface area contributed by atoms with Crippen LogP contribution in [0.3, 0.4) is 0 Å². The third-order valence-electron chi connectivity index (χ3n) is 6.00. The normalized spacial score (nSPS) is 15.1. The summed E-state index contributed by atoms with van der Waals surface area (Å²) in [4.78, 5) is 17.0. The topological polar surface area (TPSA) is 88.6 Å². The van der Waals surface area contributed by atoms with Crippen molar-refractivity contribution in [2.24, 2.45) is 5.92 Å². The highest BCUT2D eigenvalue weighted by molar-refractivity contribution is 7.89. The molecule has 7 nitrogen and oxygen atoms in total. The first kappa shape index (κ1) is 23.9. The summed E-state index contributed by atoms with van der Waals surface area (Å²) in [7, 11) is -3.52. The van der Waals surface area contributed by atoms with Gasteiger partial charge in [-0.3, -0.25) is 9.78 Å². The molecule has 3 aromatic rings. The summed E-state index contributed by atoms with van der Waals surface area (Å²) in [5.74, 6) is 0.525. The van der Waals surface area contributed by atoms with Crippen LogP contribution in [0.1, 0.15) is 29.5 Å². The van der Waals surface area contributed by atoms with Crippen LogP contribution < -0.4 is 10.1 Å². The van der Waals surface area contributed by atoms with Crippen LogP contribution in [0.5, 0.6) is 5.75 Å². The molecule has 0 spiro atoms. The molecule has 2 aromatic carbocycles. The van der Waals surface area contributed by atoms with Crippen molar-refractivity contribution in [3.05, 3.63) is 89.7 Å². The van der Waals surface area contributed by atoms with Gasteiger partial charge in [-0.2, -0.15) is 4.31 Å². The van der Waals surface area contributed by atoms with Crippen molar-refractivity contribution in [2.45, 2.75) is 37.8 Å². The first-order chi connectivity index (χ1) is 16.4. The van der Waals surface area contributed by atoms with Gasteiger partial charge in [-0.25, -0.2) is 8.42 Å². The Morgan fingerprint density at radius 2 is 1.74 bits per heavy atom. The summed E-state index contributed by atoms with van der Waals surface area (Å²) in [6.07, 6.45) is 4.52. The van der Waals surface area contributed by atoms with Crippen molar-refractivity contribution in [3.8, 4) is 5.75 Å². The average molecular weight is 480 g/mol. The molecule has 1 aliphatic rings. The van der Waals surface area contributed by atoms with E-state index in [4.69, 9.17) is 4.74 Å². The predicted octanol–water partition coefficient (Wildman–Crippen LogP) is 3.69. The molecule has 0 radical (unpaired) electrons. The maximum Gasteiger partial charge on any atom is 0.243 e. The van der Waals surface area contributed by atoms with Crippen molar-refractivity contribution >= 4 is 15.9 Å². The third-order valence-corrected chi connectivity index (χ3v) is 7.91. The van der Waals surface area contributed by atoms with E-state index in [2.05, 4.69) is 10.3 Å². The van der Waals surface area contributed by atoms with Crippen LogP contribution in [0.4, 0.5) is 0 Å². The van der Waals surface area contributed by atoms with Crippen molar-refractivity contribution in [2.75, 3.05) is 13.1 Å². The maximum absolute atomic E-state index is 12.9. The smallest absolute Gasteiger partial charge is 0.243 e. The number of carbonyl (C=O) groups excluding carboxylic acids is 1. The highest BCUT2D eigenvalue weighted by Crippen LogP contribution is 2.24. The van der Waals surface area contributed by atoms with Crippen LogP contribution in [0.15, 0.2) is 78.0 Å². The van der Waals surface area contributed by atoms with Gasteiger partial charge in [-0.1, -0.05) is 35.9 Å². The number of nitrogens with one attached hydrogen (secondary N) is 1. The Hall–Kier alpha value is -3.23. The number of rotatable bonds is 8. The largest absolute Gasteiger partial charge is 0.489 e. The van der Waals surface area contributed by atoms with Crippen LogP contribution in [0.25, 0.3) is 0 Å². The molecule has 0 bridgehead atoms. The lowest BCUT2D eigenvalue weighted by Gasteiger charge is -2.30. The Bertz CT molecular complexity index is 1190. The zero-order valence-corrected chi connectivity index (χ0v) is 20.0. The van der Waals surface area contributed by atoms with Crippen LogP contribution in [-0.4, -0.2) is 36.7 Å². The first-order valence-corrected chi connectivity index (χ1v) is 12.8. The molecule has 1 N–H and O–H groups in total. The highest BCUT2D eigenvalue weighted by Gasteiger charge is 2.31. The predicted molar refractivity (Wildman–Crippen MR) is 130 cm³/mol. The monoisotopic (exact) mass is 479 g/mol. The minimum atomic E-state index is -3.52. The summed E-state index contributed by atoms with van der Waals surface area (Å²) in [6.45, 7) is 3.48. The molecule has 1 fully saturated rings. The zero-order valence-electron chi connectivity index (χ0n) is 19.2. The van der Waals surface area contributed by atoms with E-state index in [1.54, 1.807) is 36.7 Å². The lowest BCUT2D eigenvalue weighted by Crippen LogP contribution is -2.42. The second-order valence-corrected chi connectivity index (χ2v) is 10.4.